The maximum atomic E-state index is 12.2. The molecule has 2 heterocycles. The van der Waals surface area contributed by atoms with Crippen molar-refractivity contribution in [3.05, 3.63) is 69.1 Å². The number of hydrogen-bond acceptors (Lipinski definition) is 4. The number of nitrogens with zero attached hydrogens (tertiary/aromatic N) is 1. The SMILES string of the molecule is COc1ccc(N2CC[NH+](Cc3cc(=O)oc4c(C)c(C)cc(C)c34)CC2)cc1. The molecule has 0 radical (unpaired) electrons. The summed E-state index contributed by atoms with van der Waals surface area (Å²) in [7, 11) is 1.69. The summed E-state index contributed by atoms with van der Waals surface area (Å²) in [5.41, 5.74) is 6.23. The van der Waals surface area contributed by atoms with Crippen LogP contribution in [0.25, 0.3) is 11.0 Å². The number of nitrogens with one attached hydrogen (secondary N) is 1. The van der Waals surface area contributed by atoms with Gasteiger partial charge in [0.2, 0.25) is 0 Å². The molecule has 1 saturated heterocycles. The Labute approximate surface area is 171 Å². The van der Waals surface area contributed by atoms with Gasteiger partial charge in [-0.3, -0.25) is 0 Å². The zero-order valence-electron chi connectivity index (χ0n) is 17.7. The Morgan fingerprint density at radius 2 is 1.72 bits per heavy atom. The van der Waals surface area contributed by atoms with Gasteiger partial charge in [0.25, 0.3) is 0 Å². The zero-order valence-corrected chi connectivity index (χ0v) is 17.7. The zero-order chi connectivity index (χ0) is 20.5. The number of quaternary nitrogens is 1. The minimum atomic E-state index is -0.253. The molecule has 5 heteroatoms. The standard InChI is InChI=1S/C24H28N2O3/c1-16-13-17(2)23-19(14-22(27)29-24(23)18(16)3)15-25-9-11-26(12-10-25)20-5-7-21(28-4)8-6-20/h5-8,13-14H,9-12,15H2,1-4H3/p+1. The van der Waals surface area contributed by atoms with Crippen molar-refractivity contribution in [1.29, 1.82) is 0 Å². The molecule has 0 bridgehead atoms. The summed E-state index contributed by atoms with van der Waals surface area (Å²) in [6, 6.07) is 12.1. The molecule has 0 spiro atoms. The Hall–Kier alpha value is -2.79. The summed E-state index contributed by atoms with van der Waals surface area (Å²) in [6.07, 6.45) is 0. The van der Waals surface area contributed by atoms with Crippen LogP contribution in [-0.4, -0.2) is 33.3 Å². The predicted molar refractivity (Wildman–Crippen MR) is 116 cm³/mol. The lowest BCUT2D eigenvalue weighted by Gasteiger charge is -2.34. The van der Waals surface area contributed by atoms with Crippen LogP contribution in [0.4, 0.5) is 5.69 Å². The largest absolute Gasteiger partial charge is 0.497 e. The number of ether oxygens (including phenoxy) is 1. The molecule has 1 aromatic heterocycles. The number of benzene rings is 2. The lowest BCUT2D eigenvalue weighted by Crippen LogP contribution is -3.13. The average molecular weight is 394 g/mol. The summed E-state index contributed by atoms with van der Waals surface area (Å²) >= 11 is 0. The molecular weight excluding hydrogens is 364 g/mol. The first kappa shape index (κ1) is 19.5. The normalized spacial score (nSPS) is 15.1. The molecule has 0 unspecified atom stereocenters. The molecule has 4 rings (SSSR count). The van der Waals surface area contributed by atoms with Gasteiger partial charge in [0, 0.05) is 22.7 Å². The van der Waals surface area contributed by atoms with E-state index in [1.165, 1.54) is 16.2 Å². The highest BCUT2D eigenvalue weighted by molar-refractivity contribution is 5.87. The van der Waals surface area contributed by atoms with E-state index in [1.54, 1.807) is 13.2 Å². The second-order valence-corrected chi connectivity index (χ2v) is 8.04. The van der Waals surface area contributed by atoms with Gasteiger partial charge in [0.05, 0.1) is 33.3 Å². The first-order valence-electron chi connectivity index (χ1n) is 10.2. The number of methoxy groups -OCH3 is 1. The van der Waals surface area contributed by atoms with Gasteiger partial charge in [0.15, 0.2) is 0 Å². The highest BCUT2D eigenvalue weighted by Crippen LogP contribution is 2.27. The van der Waals surface area contributed by atoms with E-state index in [4.69, 9.17) is 9.15 Å². The molecule has 2 aromatic carbocycles. The van der Waals surface area contributed by atoms with E-state index in [0.717, 1.165) is 66.1 Å². The van der Waals surface area contributed by atoms with Crippen LogP contribution >= 0.6 is 0 Å². The van der Waals surface area contributed by atoms with E-state index in [1.807, 2.05) is 19.1 Å². The van der Waals surface area contributed by atoms with Gasteiger partial charge in [-0.2, -0.15) is 0 Å². The van der Waals surface area contributed by atoms with Crippen LogP contribution in [0, 0.1) is 20.8 Å². The average Bonchev–Trinajstić information content (AvgIpc) is 2.72. The van der Waals surface area contributed by atoms with E-state index in [2.05, 4.69) is 36.9 Å². The third-order valence-corrected chi connectivity index (χ3v) is 6.15. The van der Waals surface area contributed by atoms with Crippen LogP contribution in [0.2, 0.25) is 0 Å². The van der Waals surface area contributed by atoms with E-state index >= 15 is 0 Å². The number of rotatable bonds is 4. The lowest BCUT2D eigenvalue weighted by molar-refractivity contribution is -0.914. The van der Waals surface area contributed by atoms with E-state index in [-0.39, 0.29) is 5.63 Å². The highest BCUT2D eigenvalue weighted by atomic mass is 16.5. The molecule has 1 aliphatic heterocycles. The van der Waals surface area contributed by atoms with Crippen LogP contribution in [0.5, 0.6) is 5.75 Å². The fourth-order valence-corrected chi connectivity index (χ4v) is 4.38. The molecular formula is C24H29N2O3+. The van der Waals surface area contributed by atoms with Gasteiger partial charge >= 0.3 is 5.63 Å². The Balaban J connectivity index is 1.53. The van der Waals surface area contributed by atoms with E-state index in [0.29, 0.717) is 0 Å². The molecule has 1 aliphatic rings. The molecule has 152 valence electrons. The molecule has 29 heavy (non-hydrogen) atoms. The van der Waals surface area contributed by atoms with Crippen molar-refractivity contribution < 1.29 is 14.1 Å². The van der Waals surface area contributed by atoms with Crippen LogP contribution in [0.3, 0.4) is 0 Å². The number of piperazine rings is 1. The maximum Gasteiger partial charge on any atom is 0.336 e. The van der Waals surface area contributed by atoms with Gasteiger partial charge in [-0.25, -0.2) is 4.79 Å². The third kappa shape index (κ3) is 3.87. The summed E-state index contributed by atoms with van der Waals surface area (Å²) in [5, 5.41) is 1.11. The number of hydrogen-bond donors (Lipinski definition) is 1. The minimum Gasteiger partial charge on any atom is -0.497 e. The number of aryl methyl sites for hydroxylation is 3. The second kappa shape index (κ2) is 7.91. The monoisotopic (exact) mass is 393 g/mol. The lowest BCUT2D eigenvalue weighted by atomic mass is 9.98. The van der Waals surface area contributed by atoms with Gasteiger partial charge in [-0.1, -0.05) is 6.07 Å². The van der Waals surface area contributed by atoms with Gasteiger partial charge in [-0.15, -0.1) is 0 Å². The maximum absolute atomic E-state index is 12.2. The predicted octanol–water partition coefficient (Wildman–Crippen LogP) is 2.63. The van der Waals surface area contributed by atoms with Crippen LogP contribution < -0.4 is 20.2 Å². The molecule has 5 nitrogen and oxygen atoms in total. The molecule has 3 aromatic rings. The topological polar surface area (TPSA) is 47.1 Å². The third-order valence-electron chi connectivity index (χ3n) is 6.15. The van der Waals surface area contributed by atoms with Gasteiger partial charge < -0.3 is 19.0 Å². The fourth-order valence-electron chi connectivity index (χ4n) is 4.38. The molecule has 0 aliphatic carbocycles. The van der Waals surface area contributed by atoms with Crippen molar-refractivity contribution in [3.63, 3.8) is 0 Å². The van der Waals surface area contributed by atoms with Gasteiger partial charge in [-0.05, 0) is 61.7 Å². The first-order chi connectivity index (χ1) is 14.0. The van der Waals surface area contributed by atoms with Crippen molar-refractivity contribution >= 4 is 16.7 Å². The van der Waals surface area contributed by atoms with Crippen molar-refractivity contribution in [3.8, 4) is 5.75 Å². The minimum absolute atomic E-state index is 0.253. The van der Waals surface area contributed by atoms with Crippen molar-refractivity contribution in [2.24, 2.45) is 0 Å². The number of anilines is 1. The Bertz CT molecular complexity index is 1080. The van der Waals surface area contributed by atoms with Crippen molar-refractivity contribution in [1.82, 2.24) is 0 Å². The van der Waals surface area contributed by atoms with Gasteiger partial charge in [0.1, 0.15) is 17.9 Å². The van der Waals surface area contributed by atoms with Crippen LogP contribution in [0.15, 0.2) is 45.6 Å². The highest BCUT2D eigenvalue weighted by Gasteiger charge is 2.22. The fraction of sp³-hybridized carbons (Fsp3) is 0.375. The van der Waals surface area contributed by atoms with E-state index < -0.39 is 0 Å². The summed E-state index contributed by atoms with van der Waals surface area (Å²) in [6.45, 7) is 11.1. The molecule has 0 amide bonds. The van der Waals surface area contributed by atoms with Crippen molar-refractivity contribution in [2.75, 3.05) is 38.2 Å². The molecule has 1 N–H and O–H groups in total. The van der Waals surface area contributed by atoms with Crippen molar-refractivity contribution in [2.45, 2.75) is 27.3 Å². The second-order valence-electron chi connectivity index (χ2n) is 8.04. The summed E-state index contributed by atoms with van der Waals surface area (Å²) in [5.74, 6) is 0.883. The number of fused-ring (bicyclic) bond motifs is 1. The van der Waals surface area contributed by atoms with E-state index in [9.17, 15) is 4.79 Å². The van der Waals surface area contributed by atoms with Crippen LogP contribution in [-0.2, 0) is 6.54 Å². The Kier molecular flexibility index (Phi) is 5.33. The quantitative estimate of drug-likeness (QED) is 0.693. The molecule has 0 saturated carbocycles. The Morgan fingerprint density at radius 3 is 2.38 bits per heavy atom. The molecule has 1 fully saturated rings. The first-order valence-corrected chi connectivity index (χ1v) is 10.2. The smallest absolute Gasteiger partial charge is 0.336 e. The summed E-state index contributed by atoms with van der Waals surface area (Å²) in [4.78, 5) is 16.1. The van der Waals surface area contributed by atoms with Crippen LogP contribution in [0.1, 0.15) is 22.3 Å². The molecule has 0 atom stereocenters. The summed E-state index contributed by atoms with van der Waals surface area (Å²) < 4.78 is 10.8. The Morgan fingerprint density at radius 1 is 1.03 bits per heavy atom.